The van der Waals surface area contributed by atoms with Crippen molar-refractivity contribution in [2.45, 2.75) is 25.5 Å². The minimum Gasteiger partial charge on any atom is -0.478 e. The highest BCUT2D eigenvalue weighted by Crippen LogP contribution is 2.17. The van der Waals surface area contributed by atoms with E-state index in [4.69, 9.17) is 19.0 Å². The summed E-state index contributed by atoms with van der Waals surface area (Å²) in [6.07, 6.45) is 4.39. The van der Waals surface area contributed by atoms with Crippen molar-refractivity contribution in [1.29, 1.82) is 0 Å². The molecule has 3 rings (SSSR count). The number of carbonyl (C=O) groups is 2. The zero-order chi connectivity index (χ0) is 17.6. The summed E-state index contributed by atoms with van der Waals surface area (Å²) in [5, 5.41) is 11.5. The van der Waals surface area contributed by atoms with Crippen molar-refractivity contribution in [1.82, 2.24) is 10.3 Å². The third-order valence-electron chi connectivity index (χ3n) is 3.78. The summed E-state index contributed by atoms with van der Waals surface area (Å²) in [6.45, 7) is 1.61. The maximum absolute atomic E-state index is 12.0. The van der Waals surface area contributed by atoms with E-state index in [0.29, 0.717) is 19.1 Å². The third-order valence-corrected chi connectivity index (χ3v) is 3.78. The number of rotatable bonds is 6. The summed E-state index contributed by atoms with van der Waals surface area (Å²) in [7, 11) is 0. The Morgan fingerprint density at radius 1 is 1.32 bits per heavy atom. The molecule has 0 bridgehead atoms. The number of hydrogen-bond donors (Lipinski definition) is 2. The van der Waals surface area contributed by atoms with Crippen LogP contribution in [0.5, 0.6) is 5.88 Å². The van der Waals surface area contributed by atoms with Crippen LogP contribution in [-0.2, 0) is 11.3 Å². The number of carbonyl (C=O) groups excluding carboxylic acids is 1. The molecule has 2 aromatic heterocycles. The van der Waals surface area contributed by atoms with Crippen molar-refractivity contribution in [2.24, 2.45) is 0 Å². The number of aromatic nitrogens is 1. The highest BCUT2D eigenvalue weighted by atomic mass is 16.5. The van der Waals surface area contributed by atoms with Crippen LogP contribution >= 0.6 is 0 Å². The lowest BCUT2D eigenvalue weighted by molar-refractivity contribution is 0.0237. The topological polar surface area (TPSA) is 111 Å². The molecule has 1 aliphatic heterocycles. The van der Waals surface area contributed by atoms with E-state index < -0.39 is 11.9 Å². The number of nitrogens with one attached hydrogen (secondary N) is 1. The molecular weight excluding hydrogens is 328 g/mol. The Morgan fingerprint density at radius 2 is 2.12 bits per heavy atom. The van der Waals surface area contributed by atoms with Crippen LogP contribution in [0, 0.1) is 0 Å². The summed E-state index contributed by atoms with van der Waals surface area (Å²) < 4.78 is 16.1. The fourth-order valence-corrected chi connectivity index (χ4v) is 2.43. The molecule has 1 aliphatic rings. The highest BCUT2D eigenvalue weighted by Gasteiger charge is 2.17. The van der Waals surface area contributed by atoms with Gasteiger partial charge in [-0.3, -0.25) is 4.79 Å². The number of hydrogen-bond acceptors (Lipinski definition) is 6. The molecule has 0 aliphatic carbocycles. The molecule has 132 valence electrons. The molecule has 0 radical (unpaired) electrons. The molecule has 2 aromatic rings. The minimum atomic E-state index is -1.15. The Hall–Kier alpha value is -2.87. The van der Waals surface area contributed by atoms with E-state index in [9.17, 15) is 9.59 Å². The van der Waals surface area contributed by atoms with Crippen LogP contribution in [0.15, 0.2) is 35.1 Å². The molecule has 1 fully saturated rings. The first-order valence-corrected chi connectivity index (χ1v) is 7.91. The van der Waals surface area contributed by atoms with Gasteiger partial charge in [0.1, 0.15) is 12.4 Å². The fraction of sp³-hybridized carbons (Fsp3) is 0.353. The van der Waals surface area contributed by atoms with E-state index in [1.54, 1.807) is 18.3 Å². The van der Waals surface area contributed by atoms with E-state index in [2.05, 4.69) is 10.3 Å². The first kappa shape index (κ1) is 17.0. The number of nitrogens with zero attached hydrogens (tertiary/aromatic N) is 1. The number of ether oxygens (including phenoxy) is 2. The summed E-state index contributed by atoms with van der Waals surface area (Å²) in [4.78, 5) is 27.0. The molecule has 0 aromatic carbocycles. The van der Waals surface area contributed by atoms with Crippen molar-refractivity contribution < 1.29 is 28.6 Å². The average molecular weight is 346 g/mol. The lowest BCUT2D eigenvalue weighted by Crippen LogP contribution is -2.26. The van der Waals surface area contributed by atoms with Gasteiger partial charge in [0.15, 0.2) is 5.76 Å². The average Bonchev–Trinajstić information content (AvgIpc) is 3.11. The van der Waals surface area contributed by atoms with Gasteiger partial charge in [-0.25, -0.2) is 9.78 Å². The predicted octanol–water partition coefficient (Wildman–Crippen LogP) is 1.86. The largest absolute Gasteiger partial charge is 0.478 e. The van der Waals surface area contributed by atoms with Crippen molar-refractivity contribution in [2.75, 3.05) is 13.2 Å². The smallest absolute Gasteiger partial charge is 0.338 e. The summed E-state index contributed by atoms with van der Waals surface area (Å²) in [5.41, 5.74) is 0.747. The molecular formula is C17H18N2O6. The van der Waals surface area contributed by atoms with Gasteiger partial charge in [0.25, 0.3) is 5.91 Å². The predicted molar refractivity (Wildman–Crippen MR) is 85.5 cm³/mol. The van der Waals surface area contributed by atoms with Crippen LogP contribution in [0.3, 0.4) is 0 Å². The molecule has 2 N–H and O–H groups in total. The molecule has 0 saturated carbocycles. The monoisotopic (exact) mass is 346 g/mol. The van der Waals surface area contributed by atoms with Gasteiger partial charge in [-0.1, -0.05) is 0 Å². The van der Waals surface area contributed by atoms with E-state index >= 15 is 0 Å². The Morgan fingerprint density at radius 3 is 2.84 bits per heavy atom. The van der Waals surface area contributed by atoms with E-state index in [1.807, 2.05) is 0 Å². The molecule has 8 nitrogen and oxygen atoms in total. The fourth-order valence-electron chi connectivity index (χ4n) is 2.43. The summed E-state index contributed by atoms with van der Waals surface area (Å²) in [6, 6.07) is 4.71. The number of pyridine rings is 1. The Bertz CT molecular complexity index is 751. The van der Waals surface area contributed by atoms with Gasteiger partial charge in [-0.15, -0.1) is 0 Å². The number of aromatic carboxylic acids is 1. The van der Waals surface area contributed by atoms with Crippen LogP contribution < -0.4 is 10.1 Å². The standard InChI is InChI=1S/C17H18N2O6/c20-16(14-8-12(10-24-14)17(21)22)19-9-11-1-4-18-15(7-11)25-13-2-5-23-6-3-13/h1,4,7-8,10,13H,2-3,5-6,9H2,(H,19,20)(H,21,22). The van der Waals surface area contributed by atoms with Crippen LogP contribution in [0.1, 0.15) is 39.3 Å². The Labute approximate surface area is 143 Å². The molecule has 8 heteroatoms. The van der Waals surface area contributed by atoms with Gasteiger partial charge in [0.2, 0.25) is 5.88 Å². The van der Waals surface area contributed by atoms with E-state index in [1.165, 1.54) is 6.07 Å². The minimum absolute atomic E-state index is 0.0508. The van der Waals surface area contributed by atoms with Crippen LogP contribution in [0.2, 0.25) is 0 Å². The van der Waals surface area contributed by atoms with Gasteiger partial charge in [-0.05, 0) is 11.6 Å². The normalized spacial score (nSPS) is 14.9. The molecule has 1 amide bonds. The molecule has 0 spiro atoms. The first-order chi connectivity index (χ1) is 12.1. The van der Waals surface area contributed by atoms with Gasteiger partial charge in [0, 0.05) is 37.7 Å². The van der Waals surface area contributed by atoms with Crippen molar-refractivity contribution in [3.63, 3.8) is 0 Å². The summed E-state index contributed by atoms with van der Waals surface area (Å²) >= 11 is 0. The van der Waals surface area contributed by atoms with E-state index in [0.717, 1.165) is 24.7 Å². The lowest BCUT2D eigenvalue weighted by atomic mass is 10.1. The Kier molecular flexibility index (Phi) is 5.30. The quantitative estimate of drug-likeness (QED) is 0.821. The molecule has 3 heterocycles. The second-order valence-electron chi connectivity index (χ2n) is 5.62. The molecule has 0 unspecified atom stereocenters. The number of carboxylic acids is 1. The maximum Gasteiger partial charge on any atom is 0.338 e. The Balaban J connectivity index is 1.56. The number of furan rings is 1. The second-order valence-corrected chi connectivity index (χ2v) is 5.62. The molecule has 1 saturated heterocycles. The lowest BCUT2D eigenvalue weighted by Gasteiger charge is -2.22. The molecule has 25 heavy (non-hydrogen) atoms. The maximum atomic E-state index is 12.0. The number of carboxylic acid groups (broad SMARTS) is 1. The highest BCUT2D eigenvalue weighted by molar-refractivity contribution is 5.95. The zero-order valence-corrected chi connectivity index (χ0v) is 13.4. The van der Waals surface area contributed by atoms with Crippen molar-refractivity contribution in [3.8, 4) is 5.88 Å². The first-order valence-electron chi connectivity index (χ1n) is 7.91. The van der Waals surface area contributed by atoms with Crippen molar-refractivity contribution in [3.05, 3.63) is 47.5 Å². The van der Waals surface area contributed by atoms with Gasteiger partial charge in [-0.2, -0.15) is 0 Å². The van der Waals surface area contributed by atoms with Gasteiger partial charge >= 0.3 is 5.97 Å². The molecule has 0 atom stereocenters. The number of amides is 1. The second kappa shape index (κ2) is 7.80. The van der Waals surface area contributed by atoms with Crippen LogP contribution in [-0.4, -0.2) is 41.3 Å². The van der Waals surface area contributed by atoms with Crippen LogP contribution in [0.25, 0.3) is 0 Å². The summed E-state index contributed by atoms with van der Waals surface area (Å²) in [5.74, 6) is -1.18. The van der Waals surface area contributed by atoms with E-state index in [-0.39, 0.29) is 24.0 Å². The zero-order valence-electron chi connectivity index (χ0n) is 13.4. The van der Waals surface area contributed by atoms with Crippen molar-refractivity contribution >= 4 is 11.9 Å². The van der Waals surface area contributed by atoms with Crippen LogP contribution in [0.4, 0.5) is 0 Å². The van der Waals surface area contributed by atoms with Gasteiger partial charge < -0.3 is 24.3 Å². The van der Waals surface area contributed by atoms with Gasteiger partial charge in [0.05, 0.1) is 18.8 Å². The SMILES string of the molecule is O=C(O)c1coc(C(=O)NCc2ccnc(OC3CCOCC3)c2)c1. The third kappa shape index (κ3) is 4.57.